The van der Waals surface area contributed by atoms with Crippen molar-refractivity contribution in [2.45, 2.75) is 20.3 Å². The van der Waals surface area contributed by atoms with Crippen molar-refractivity contribution < 1.29 is 4.79 Å². The van der Waals surface area contributed by atoms with Crippen LogP contribution in [0.2, 0.25) is 5.02 Å². The summed E-state index contributed by atoms with van der Waals surface area (Å²) in [5.41, 5.74) is 5.77. The van der Waals surface area contributed by atoms with Crippen molar-refractivity contribution in [1.29, 1.82) is 0 Å². The average Bonchev–Trinajstić information content (AvgIpc) is 2.18. The first-order chi connectivity index (χ1) is 6.97. The highest BCUT2D eigenvalue weighted by Gasteiger charge is 2.27. The number of Topliss-reactive ketones (excluding diaryl/α,β-unsaturated/α-hetero) is 1. The lowest BCUT2D eigenvalue weighted by atomic mass is 9.81. The predicted molar refractivity (Wildman–Crippen MR) is 63.2 cm³/mol. The minimum absolute atomic E-state index is 0.115. The molecule has 1 aromatic rings. The number of carbonyl (C=O) groups is 1. The lowest BCUT2D eigenvalue weighted by Crippen LogP contribution is -2.27. The van der Waals surface area contributed by atoms with Crippen LogP contribution in [0.3, 0.4) is 0 Å². The van der Waals surface area contributed by atoms with Crippen LogP contribution in [-0.2, 0) is 0 Å². The Bertz CT molecular complexity index is 343. The number of carbonyl (C=O) groups excluding carboxylic acids is 1. The highest BCUT2D eigenvalue weighted by atomic mass is 35.5. The van der Waals surface area contributed by atoms with Gasteiger partial charge < -0.3 is 5.73 Å². The SMILES string of the molecule is CC(C)(CCN)C(=O)c1ccc(Cl)cc1. The van der Waals surface area contributed by atoms with Gasteiger partial charge in [0.15, 0.2) is 5.78 Å². The van der Waals surface area contributed by atoms with Gasteiger partial charge in [0.25, 0.3) is 0 Å². The van der Waals surface area contributed by atoms with Crippen molar-refractivity contribution in [3.63, 3.8) is 0 Å². The Labute approximate surface area is 95.4 Å². The number of hydrogen-bond donors (Lipinski definition) is 1. The summed E-state index contributed by atoms with van der Waals surface area (Å²) in [6.07, 6.45) is 0.689. The van der Waals surface area contributed by atoms with Gasteiger partial charge >= 0.3 is 0 Å². The monoisotopic (exact) mass is 225 g/mol. The molecule has 0 amide bonds. The molecule has 1 rings (SSSR count). The maximum Gasteiger partial charge on any atom is 0.168 e. The van der Waals surface area contributed by atoms with Crippen molar-refractivity contribution in [3.05, 3.63) is 34.9 Å². The Morgan fingerprint density at radius 2 is 1.87 bits per heavy atom. The van der Waals surface area contributed by atoms with E-state index in [4.69, 9.17) is 17.3 Å². The summed E-state index contributed by atoms with van der Waals surface area (Å²) in [5, 5.41) is 0.642. The molecule has 0 aliphatic carbocycles. The van der Waals surface area contributed by atoms with Gasteiger partial charge in [-0.25, -0.2) is 0 Å². The Morgan fingerprint density at radius 1 is 1.33 bits per heavy atom. The summed E-state index contributed by atoms with van der Waals surface area (Å²) in [6.45, 7) is 4.35. The van der Waals surface area contributed by atoms with E-state index in [2.05, 4.69) is 0 Å². The molecular weight excluding hydrogens is 210 g/mol. The van der Waals surface area contributed by atoms with Gasteiger partial charge in [0.2, 0.25) is 0 Å². The molecule has 0 heterocycles. The van der Waals surface area contributed by atoms with Crippen molar-refractivity contribution in [1.82, 2.24) is 0 Å². The molecule has 2 nitrogen and oxygen atoms in total. The van der Waals surface area contributed by atoms with Crippen molar-refractivity contribution in [2.24, 2.45) is 11.1 Å². The molecule has 0 spiro atoms. The second kappa shape index (κ2) is 4.77. The third-order valence-electron chi connectivity index (χ3n) is 2.49. The number of rotatable bonds is 4. The molecule has 2 N–H and O–H groups in total. The number of benzene rings is 1. The van der Waals surface area contributed by atoms with Gasteiger partial charge in [0.1, 0.15) is 0 Å². The predicted octanol–water partition coefficient (Wildman–Crippen LogP) is 2.90. The van der Waals surface area contributed by atoms with E-state index in [0.717, 1.165) is 0 Å². The normalized spacial score (nSPS) is 11.5. The maximum absolute atomic E-state index is 12.1. The third-order valence-corrected chi connectivity index (χ3v) is 2.74. The van der Waals surface area contributed by atoms with Crippen LogP contribution in [0.4, 0.5) is 0 Å². The Kier molecular flexibility index (Phi) is 3.89. The Balaban J connectivity index is 2.89. The van der Waals surface area contributed by atoms with E-state index >= 15 is 0 Å². The lowest BCUT2D eigenvalue weighted by molar-refractivity contribution is 0.0829. The van der Waals surface area contributed by atoms with Gasteiger partial charge in [-0.15, -0.1) is 0 Å². The Hall–Kier alpha value is -0.860. The molecule has 82 valence electrons. The second-order valence-corrected chi connectivity index (χ2v) is 4.70. The van der Waals surface area contributed by atoms with Crippen LogP contribution < -0.4 is 5.73 Å². The molecule has 0 radical (unpaired) electrons. The fourth-order valence-corrected chi connectivity index (χ4v) is 1.59. The summed E-state index contributed by atoms with van der Waals surface area (Å²) in [5.74, 6) is 0.115. The zero-order valence-electron chi connectivity index (χ0n) is 9.09. The number of halogens is 1. The van der Waals surface area contributed by atoms with Crippen molar-refractivity contribution in [2.75, 3.05) is 6.54 Å². The molecule has 0 aromatic heterocycles. The smallest absolute Gasteiger partial charge is 0.168 e. The molecule has 0 bridgehead atoms. The zero-order valence-corrected chi connectivity index (χ0v) is 9.84. The molecule has 15 heavy (non-hydrogen) atoms. The third kappa shape index (κ3) is 3.05. The van der Waals surface area contributed by atoms with Crippen LogP contribution in [-0.4, -0.2) is 12.3 Å². The van der Waals surface area contributed by atoms with E-state index in [-0.39, 0.29) is 5.78 Å². The molecule has 0 fully saturated rings. The van der Waals surface area contributed by atoms with Gasteiger partial charge in [-0.1, -0.05) is 25.4 Å². The molecule has 0 aliphatic heterocycles. The van der Waals surface area contributed by atoms with Gasteiger partial charge in [-0.2, -0.15) is 0 Å². The molecular formula is C12H16ClNO. The van der Waals surface area contributed by atoms with Crippen LogP contribution >= 0.6 is 11.6 Å². The fourth-order valence-electron chi connectivity index (χ4n) is 1.47. The van der Waals surface area contributed by atoms with E-state index in [9.17, 15) is 4.79 Å². The van der Waals surface area contributed by atoms with E-state index in [1.54, 1.807) is 24.3 Å². The summed E-state index contributed by atoms with van der Waals surface area (Å²) in [6, 6.07) is 6.96. The molecule has 0 aliphatic rings. The largest absolute Gasteiger partial charge is 0.330 e. The van der Waals surface area contributed by atoms with Crippen LogP contribution in [0.15, 0.2) is 24.3 Å². The summed E-state index contributed by atoms with van der Waals surface area (Å²) in [4.78, 5) is 12.1. The van der Waals surface area contributed by atoms with E-state index in [0.29, 0.717) is 23.6 Å². The van der Waals surface area contributed by atoms with Gasteiger partial charge in [-0.3, -0.25) is 4.79 Å². The van der Waals surface area contributed by atoms with Gasteiger partial charge in [-0.05, 0) is 37.2 Å². The first-order valence-corrected chi connectivity index (χ1v) is 5.35. The summed E-state index contributed by atoms with van der Waals surface area (Å²) in [7, 11) is 0. The quantitative estimate of drug-likeness (QED) is 0.801. The second-order valence-electron chi connectivity index (χ2n) is 4.26. The molecule has 0 saturated heterocycles. The van der Waals surface area contributed by atoms with Crippen LogP contribution in [0.5, 0.6) is 0 Å². The number of nitrogens with two attached hydrogens (primary N) is 1. The van der Waals surface area contributed by atoms with E-state index in [1.165, 1.54) is 0 Å². The molecule has 0 saturated carbocycles. The van der Waals surface area contributed by atoms with E-state index in [1.807, 2.05) is 13.8 Å². The topological polar surface area (TPSA) is 43.1 Å². The molecule has 3 heteroatoms. The number of hydrogen-bond acceptors (Lipinski definition) is 2. The van der Waals surface area contributed by atoms with Gasteiger partial charge in [0.05, 0.1) is 0 Å². The summed E-state index contributed by atoms with van der Waals surface area (Å²) < 4.78 is 0. The van der Waals surface area contributed by atoms with Crippen LogP contribution in [0, 0.1) is 5.41 Å². The first-order valence-electron chi connectivity index (χ1n) is 4.98. The van der Waals surface area contributed by atoms with Crippen molar-refractivity contribution in [3.8, 4) is 0 Å². The Morgan fingerprint density at radius 3 is 2.33 bits per heavy atom. The highest BCUT2D eigenvalue weighted by molar-refractivity contribution is 6.30. The average molecular weight is 226 g/mol. The number of ketones is 1. The van der Waals surface area contributed by atoms with Crippen molar-refractivity contribution >= 4 is 17.4 Å². The molecule has 1 aromatic carbocycles. The maximum atomic E-state index is 12.1. The first kappa shape index (κ1) is 12.2. The minimum atomic E-state index is -0.400. The standard InChI is InChI=1S/C12H16ClNO/c1-12(2,7-8-14)11(15)9-3-5-10(13)6-4-9/h3-6H,7-8,14H2,1-2H3. The lowest BCUT2D eigenvalue weighted by Gasteiger charge is -2.22. The van der Waals surface area contributed by atoms with Crippen LogP contribution in [0.1, 0.15) is 30.6 Å². The van der Waals surface area contributed by atoms with Crippen LogP contribution in [0.25, 0.3) is 0 Å². The van der Waals surface area contributed by atoms with E-state index < -0.39 is 5.41 Å². The molecule has 0 atom stereocenters. The summed E-state index contributed by atoms with van der Waals surface area (Å²) >= 11 is 5.76. The fraction of sp³-hybridized carbons (Fsp3) is 0.417. The van der Waals surface area contributed by atoms with Gasteiger partial charge in [0, 0.05) is 16.0 Å². The minimum Gasteiger partial charge on any atom is -0.330 e. The molecule has 0 unspecified atom stereocenters. The zero-order chi connectivity index (χ0) is 11.5. The highest BCUT2D eigenvalue weighted by Crippen LogP contribution is 2.25.